The summed E-state index contributed by atoms with van der Waals surface area (Å²) in [6.07, 6.45) is 6.54. The first-order valence-electron chi connectivity index (χ1n) is 7.43. The van der Waals surface area contributed by atoms with Gasteiger partial charge in [0, 0.05) is 12.6 Å². The zero-order valence-corrected chi connectivity index (χ0v) is 13.4. The molecule has 114 valence electrons. The molecule has 1 fully saturated rings. The lowest BCUT2D eigenvalue weighted by molar-refractivity contribution is 0.293. The molecule has 4 nitrogen and oxygen atoms in total. The number of nitrogens with two attached hydrogens (primary N) is 1. The van der Waals surface area contributed by atoms with Gasteiger partial charge >= 0.3 is 0 Å². The summed E-state index contributed by atoms with van der Waals surface area (Å²) in [5.74, 6) is 0.614. The highest BCUT2D eigenvalue weighted by Gasteiger charge is 2.27. The molecule has 1 saturated carbocycles. The topological polar surface area (TPSA) is 72.2 Å². The number of rotatable bonds is 6. The molecule has 0 aromatic rings. The van der Waals surface area contributed by atoms with Crippen LogP contribution in [0.25, 0.3) is 0 Å². The van der Waals surface area contributed by atoms with Crippen LogP contribution in [0.15, 0.2) is 0 Å². The van der Waals surface area contributed by atoms with E-state index < -0.39 is 10.0 Å². The monoisotopic (exact) mass is 290 g/mol. The SMILES string of the molecule is CC(C)(C)CCS(=O)(=O)NC(CN)C1CCCCC1. The lowest BCUT2D eigenvalue weighted by Gasteiger charge is -2.30. The first kappa shape index (κ1) is 16.9. The molecule has 0 aliphatic heterocycles. The Bertz CT molecular complexity index is 354. The predicted molar refractivity (Wildman–Crippen MR) is 80.4 cm³/mol. The van der Waals surface area contributed by atoms with Gasteiger partial charge in [-0.2, -0.15) is 0 Å². The minimum atomic E-state index is -3.21. The Morgan fingerprint density at radius 2 is 1.79 bits per heavy atom. The van der Waals surface area contributed by atoms with Crippen molar-refractivity contribution in [3.05, 3.63) is 0 Å². The molecule has 3 N–H and O–H groups in total. The Morgan fingerprint density at radius 3 is 2.26 bits per heavy atom. The van der Waals surface area contributed by atoms with Gasteiger partial charge in [-0.1, -0.05) is 40.0 Å². The van der Waals surface area contributed by atoms with Crippen LogP contribution < -0.4 is 10.5 Å². The summed E-state index contributed by atoms with van der Waals surface area (Å²) < 4.78 is 27.1. The summed E-state index contributed by atoms with van der Waals surface area (Å²) in [5, 5.41) is 0. The molecule has 1 aliphatic rings. The van der Waals surface area contributed by atoms with Gasteiger partial charge in [0.05, 0.1) is 5.75 Å². The Morgan fingerprint density at radius 1 is 1.21 bits per heavy atom. The predicted octanol–water partition coefficient (Wildman–Crippen LogP) is 2.25. The van der Waals surface area contributed by atoms with E-state index in [2.05, 4.69) is 25.5 Å². The van der Waals surface area contributed by atoms with Crippen molar-refractivity contribution in [1.29, 1.82) is 0 Å². The number of hydrogen-bond donors (Lipinski definition) is 2. The van der Waals surface area contributed by atoms with Gasteiger partial charge in [0.25, 0.3) is 0 Å². The average Bonchev–Trinajstić information content (AvgIpc) is 2.34. The van der Waals surface area contributed by atoms with Gasteiger partial charge in [-0.25, -0.2) is 13.1 Å². The molecule has 1 aliphatic carbocycles. The van der Waals surface area contributed by atoms with Crippen LogP contribution in [0.3, 0.4) is 0 Å². The molecule has 0 spiro atoms. The van der Waals surface area contributed by atoms with E-state index in [1.54, 1.807) is 0 Å². The third kappa shape index (κ3) is 6.72. The minimum Gasteiger partial charge on any atom is -0.329 e. The van der Waals surface area contributed by atoms with Crippen LogP contribution in [0.1, 0.15) is 59.3 Å². The highest BCUT2D eigenvalue weighted by molar-refractivity contribution is 7.89. The van der Waals surface area contributed by atoms with E-state index in [1.807, 2.05) is 0 Å². The Labute approximate surface area is 118 Å². The summed E-state index contributed by atoms with van der Waals surface area (Å²) in [6.45, 7) is 6.58. The highest BCUT2D eigenvalue weighted by atomic mass is 32.2. The zero-order chi connectivity index (χ0) is 14.5. The molecule has 0 amide bonds. The molecule has 1 rings (SSSR count). The van der Waals surface area contributed by atoms with Crippen LogP contribution in [-0.2, 0) is 10.0 Å². The lowest BCUT2D eigenvalue weighted by atomic mass is 9.84. The van der Waals surface area contributed by atoms with Crippen LogP contribution in [0, 0.1) is 11.3 Å². The van der Waals surface area contributed by atoms with E-state index in [-0.39, 0.29) is 17.2 Å². The normalized spacial score (nSPS) is 20.4. The zero-order valence-electron chi connectivity index (χ0n) is 12.6. The highest BCUT2D eigenvalue weighted by Crippen LogP contribution is 2.27. The molecule has 5 heteroatoms. The van der Waals surface area contributed by atoms with E-state index in [4.69, 9.17) is 5.73 Å². The van der Waals surface area contributed by atoms with Gasteiger partial charge in [0.15, 0.2) is 0 Å². The Kier molecular flexibility index (Phi) is 6.27. The lowest BCUT2D eigenvalue weighted by Crippen LogP contribution is -2.46. The van der Waals surface area contributed by atoms with E-state index in [1.165, 1.54) is 19.3 Å². The molecule has 0 radical (unpaired) electrons. The Hall–Kier alpha value is -0.130. The van der Waals surface area contributed by atoms with E-state index in [0.29, 0.717) is 18.9 Å². The smallest absolute Gasteiger partial charge is 0.211 e. The largest absolute Gasteiger partial charge is 0.329 e. The van der Waals surface area contributed by atoms with Crippen molar-refractivity contribution in [2.45, 2.75) is 65.3 Å². The molecular weight excluding hydrogens is 260 g/mol. The van der Waals surface area contributed by atoms with Gasteiger partial charge in [-0.05, 0) is 30.6 Å². The summed E-state index contributed by atoms with van der Waals surface area (Å²) >= 11 is 0. The second-order valence-electron chi connectivity index (χ2n) is 6.99. The molecule has 0 aromatic carbocycles. The van der Waals surface area contributed by atoms with Gasteiger partial charge in [0.2, 0.25) is 10.0 Å². The van der Waals surface area contributed by atoms with E-state index in [9.17, 15) is 8.42 Å². The first-order chi connectivity index (χ1) is 8.73. The molecule has 1 unspecified atom stereocenters. The van der Waals surface area contributed by atoms with Gasteiger partial charge in [-0.15, -0.1) is 0 Å². The minimum absolute atomic E-state index is 0.0395. The molecule has 0 heterocycles. The van der Waals surface area contributed by atoms with Crippen LogP contribution in [0.5, 0.6) is 0 Å². The van der Waals surface area contributed by atoms with Gasteiger partial charge < -0.3 is 5.73 Å². The van der Waals surface area contributed by atoms with Crippen molar-refractivity contribution < 1.29 is 8.42 Å². The average molecular weight is 290 g/mol. The van der Waals surface area contributed by atoms with Crippen molar-refractivity contribution in [2.75, 3.05) is 12.3 Å². The molecule has 19 heavy (non-hydrogen) atoms. The first-order valence-corrected chi connectivity index (χ1v) is 9.09. The van der Waals surface area contributed by atoms with E-state index >= 15 is 0 Å². The molecule has 0 saturated heterocycles. The fourth-order valence-corrected chi connectivity index (χ4v) is 4.35. The summed E-state index contributed by atoms with van der Waals surface area (Å²) in [6, 6.07) is -0.0785. The van der Waals surface area contributed by atoms with Crippen molar-refractivity contribution in [1.82, 2.24) is 4.72 Å². The number of sulfonamides is 1. The van der Waals surface area contributed by atoms with Gasteiger partial charge in [-0.3, -0.25) is 0 Å². The molecule has 0 bridgehead atoms. The van der Waals surface area contributed by atoms with Crippen LogP contribution >= 0.6 is 0 Å². The summed E-state index contributed by atoms with van der Waals surface area (Å²) in [5.41, 5.74) is 5.81. The second-order valence-corrected chi connectivity index (χ2v) is 8.86. The Balaban J connectivity index is 2.53. The third-order valence-electron chi connectivity index (χ3n) is 3.92. The van der Waals surface area contributed by atoms with Crippen molar-refractivity contribution in [3.63, 3.8) is 0 Å². The maximum absolute atomic E-state index is 12.1. The van der Waals surface area contributed by atoms with Crippen molar-refractivity contribution >= 4 is 10.0 Å². The second kappa shape index (κ2) is 7.04. The summed E-state index contributed by atoms with van der Waals surface area (Å²) in [4.78, 5) is 0. The summed E-state index contributed by atoms with van der Waals surface area (Å²) in [7, 11) is -3.21. The standard InChI is InChI=1S/C14H30N2O2S/c1-14(2,3)9-10-19(17,18)16-13(11-15)12-7-5-4-6-8-12/h12-13,16H,4-11,15H2,1-3H3. The van der Waals surface area contributed by atoms with Crippen molar-refractivity contribution in [2.24, 2.45) is 17.1 Å². The number of hydrogen-bond acceptors (Lipinski definition) is 3. The fraction of sp³-hybridized carbons (Fsp3) is 1.00. The third-order valence-corrected chi connectivity index (χ3v) is 5.33. The maximum atomic E-state index is 12.1. The van der Waals surface area contributed by atoms with Crippen LogP contribution in [0.4, 0.5) is 0 Å². The fourth-order valence-electron chi connectivity index (χ4n) is 2.60. The number of nitrogens with one attached hydrogen (secondary N) is 1. The van der Waals surface area contributed by atoms with Crippen LogP contribution in [-0.4, -0.2) is 26.8 Å². The van der Waals surface area contributed by atoms with Crippen LogP contribution in [0.2, 0.25) is 0 Å². The molecular formula is C14H30N2O2S. The van der Waals surface area contributed by atoms with Gasteiger partial charge in [0.1, 0.15) is 0 Å². The van der Waals surface area contributed by atoms with Crippen molar-refractivity contribution in [3.8, 4) is 0 Å². The quantitative estimate of drug-likeness (QED) is 0.788. The van der Waals surface area contributed by atoms with E-state index in [0.717, 1.165) is 12.8 Å². The molecule has 1 atom stereocenters. The maximum Gasteiger partial charge on any atom is 0.211 e. The molecule has 0 aromatic heterocycles.